The van der Waals surface area contributed by atoms with Crippen molar-refractivity contribution in [3.05, 3.63) is 60.2 Å². The molecule has 0 bridgehead atoms. The first-order chi connectivity index (χ1) is 10.1. The monoisotopic (exact) mass is 279 g/mol. The van der Waals surface area contributed by atoms with Gasteiger partial charge < -0.3 is 10.4 Å². The summed E-state index contributed by atoms with van der Waals surface area (Å²) in [4.78, 5) is 0. The Morgan fingerprint density at radius 2 is 1.62 bits per heavy atom. The summed E-state index contributed by atoms with van der Waals surface area (Å²) in [5.41, 5.74) is 0.964. The zero-order valence-electron chi connectivity index (χ0n) is 12.5. The van der Waals surface area contributed by atoms with Gasteiger partial charge in [0, 0.05) is 12.6 Å². The van der Waals surface area contributed by atoms with Crippen molar-refractivity contribution in [2.45, 2.75) is 26.0 Å². The van der Waals surface area contributed by atoms with Gasteiger partial charge in [-0.2, -0.15) is 0 Å². The van der Waals surface area contributed by atoms with Gasteiger partial charge >= 0.3 is 0 Å². The van der Waals surface area contributed by atoms with E-state index in [0.717, 1.165) is 5.56 Å². The molecule has 0 heterocycles. The van der Waals surface area contributed by atoms with E-state index in [4.69, 9.17) is 0 Å². The summed E-state index contributed by atoms with van der Waals surface area (Å²) in [5, 5.41) is 18.5. The number of rotatable bonds is 4. The minimum atomic E-state index is -0.469. The number of aliphatic hydroxyl groups excluding tert-OH is 1. The molecule has 3 rings (SSSR count). The number of hydrogen-bond donors (Lipinski definition) is 2. The third-order valence-electron chi connectivity index (χ3n) is 3.87. The summed E-state index contributed by atoms with van der Waals surface area (Å²) in [7, 11) is 0. The highest BCUT2D eigenvalue weighted by Gasteiger charge is 2.09. The van der Waals surface area contributed by atoms with E-state index in [0.29, 0.717) is 12.6 Å². The normalized spacial score (nSPS) is 13.1. The molecule has 108 valence electrons. The molecular formula is C19H21NO. The van der Waals surface area contributed by atoms with Crippen molar-refractivity contribution in [1.29, 1.82) is 0 Å². The van der Waals surface area contributed by atoms with Gasteiger partial charge in [0.05, 0.1) is 6.10 Å². The second-order valence-electron chi connectivity index (χ2n) is 5.85. The highest BCUT2D eigenvalue weighted by atomic mass is 16.3. The Morgan fingerprint density at radius 3 is 2.43 bits per heavy atom. The fraction of sp³-hybridized carbons (Fsp3) is 0.263. The predicted molar refractivity (Wildman–Crippen MR) is 89.6 cm³/mol. The molecule has 0 unspecified atom stereocenters. The third kappa shape index (κ3) is 2.92. The van der Waals surface area contributed by atoms with Crippen LogP contribution in [0.2, 0.25) is 0 Å². The molecule has 0 fully saturated rings. The first-order valence-corrected chi connectivity index (χ1v) is 7.48. The van der Waals surface area contributed by atoms with Crippen molar-refractivity contribution in [1.82, 2.24) is 5.32 Å². The number of aliphatic hydroxyl groups is 1. The Morgan fingerprint density at radius 1 is 0.905 bits per heavy atom. The van der Waals surface area contributed by atoms with Crippen LogP contribution in [0.4, 0.5) is 0 Å². The smallest absolute Gasteiger partial charge is 0.0914 e. The quantitative estimate of drug-likeness (QED) is 0.707. The fourth-order valence-corrected chi connectivity index (χ4v) is 2.70. The van der Waals surface area contributed by atoms with Crippen molar-refractivity contribution in [2.24, 2.45) is 0 Å². The molecule has 2 nitrogen and oxygen atoms in total. The first-order valence-electron chi connectivity index (χ1n) is 7.48. The Bertz CT molecular complexity index is 764. The second-order valence-corrected chi connectivity index (χ2v) is 5.85. The predicted octanol–water partition coefficient (Wildman–Crippen LogP) is 4.02. The van der Waals surface area contributed by atoms with Crippen LogP contribution in [-0.2, 0) is 0 Å². The maximum atomic E-state index is 10.3. The Kier molecular flexibility index (Phi) is 3.91. The summed E-state index contributed by atoms with van der Waals surface area (Å²) in [6.07, 6.45) is -0.469. The van der Waals surface area contributed by atoms with E-state index in [2.05, 4.69) is 67.7 Å². The lowest BCUT2D eigenvalue weighted by atomic mass is 9.98. The van der Waals surface area contributed by atoms with Gasteiger partial charge in [0.15, 0.2) is 0 Å². The van der Waals surface area contributed by atoms with Gasteiger partial charge in [-0.3, -0.25) is 0 Å². The maximum Gasteiger partial charge on any atom is 0.0914 e. The Balaban J connectivity index is 1.99. The molecule has 0 aromatic heterocycles. The van der Waals surface area contributed by atoms with Gasteiger partial charge in [-0.05, 0) is 33.2 Å². The molecule has 3 aromatic rings. The van der Waals surface area contributed by atoms with E-state index in [9.17, 15) is 5.11 Å². The van der Waals surface area contributed by atoms with Crippen molar-refractivity contribution in [2.75, 3.05) is 6.54 Å². The van der Waals surface area contributed by atoms with E-state index in [1.165, 1.54) is 21.5 Å². The second kappa shape index (κ2) is 5.84. The average Bonchev–Trinajstić information content (AvgIpc) is 2.51. The van der Waals surface area contributed by atoms with Crippen LogP contribution in [0.1, 0.15) is 25.5 Å². The largest absolute Gasteiger partial charge is 0.387 e. The lowest BCUT2D eigenvalue weighted by Crippen LogP contribution is -2.27. The number of hydrogen-bond acceptors (Lipinski definition) is 2. The van der Waals surface area contributed by atoms with Crippen molar-refractivity contribution in [3.63, 3.8) is 0 Å². The summed E-state index contributed by atoms with van der Waals surface area (Å²) < 4.78 is 0. The molecular weight excluding hydrogens is 258 g/mol. The molecule has 1 atom stereocenters. The number of nitrogens with one attached hydrogen (secondary N) is 1. The molecule has 0 aliphatic heterocycles. The number of benzene rings is 3. The van der Waals surface area contributed by atoms with Gasteiger partial charge in [0.25, 0.3) is 0 Å². The lowest BCUT2D eigenvalue weighted by molar-refractivity contribution is 0.172. The van der Waals surface area contributed by atoms with E-state index in [1.54, 1.807) is 0 Å². The van der Waals surface area contributed by atoms with Crippen molar-refractivity contribution in [3.8, 4) is 0 Å². The van der Waals surface area contributed by atoms with Gasteiger partial charge in [0.2, 0.25) is 0 Å². The van der Waals surface area contributed by atoms with Gasteiger partial charge in [-0.1, -0.05) is 62.4 Å². The maximum absolute atomic E-state index is 10.3. The molecule has 0 amide bonds. The highest BCUT2D eigenvalue weighted by molar-refractivity contribution is 6.07. The Labute approximate surface area is 125 Å². The molecule has 0 spiro atoms. The van der Waals surface area contributed by atoms with Crippen LogP contribution in [0.25, 0.3) is 21.5 Å². The molecule has 0 radical (unpaired) electrons. The third-order valence-corrected chi connectivity index (χ3v) is 3.87. The molecule has 2 heteroatoms. The zero-order chi connectivity index (χ0) is 14.8. The minimum absolute atomic E-state index is 0.379. The molecule has 3 aromatic carbocycles. The van der Waals surface area contributed by atoms with Crippen molar-refractivity contribution >= 4 is 21.5 Å². The first kappa shape index (κ1) is 14.1. The summed E-state index contributed by atoms with van der Waals surface area (Å²) >= 11 is 0. The topological polar surface area (TPSA) is 32.3 Å². The van der Waals surface area contributed by atoms with Gasteiger partial charge in [-0.15, -0.1) is 0 Å². The standard InChI is InChI=1S/C19H21NO/c1-13(2)20-12-19(21)16-9-10-18-15(11-16)8-7-14-5-3-4-6-17(14)18/h3-11,13,19-21H,12H2,1-2H3/t19-/m0/s1. The van der Waals surface area contributed by atoms with Crippen LogP contribution >= 0.6 is 0 Å². The zero-order valence-corrected chi connectivity index (χ0v) is 12.5. The SMILES string of the molecule is CC(C)NC[C@H](O)c1ccc2c(ccc3ccccc32)c1. The molecule has 21 heavy (non-hydrogen) atoms. The number of fused-ring (bicyclic) bond motifs is 3. The molecule has 0 saturated heterocycles. The molecule has 0 saturated carbocycles. The molecule has 2 N–H and O–H groups in total. The van der Waals surface area contributed by atoms with Crippen LogP contribution in [0.5, 0.6) is 0 Å². The summed E-state index contributed by atoms with van der Waals surface area (Å²) in [6, 6.07) is 19.3. The molecule has 0 aliphatic carbocycles. The Hall–Kier alpha value is -1.90. The van der Waals surface area contributed by atoms with Crippen LogP contribution in [0.3, 0.4) is 0 Å². The van der Waals surface area contributed by atoms with E-state index >= 15 is 0 Å². The van der Waals surface area contributed by atoms with Crippen LogP contribution in [-0.4, -0.2) is 17.7 Å². The summed E-state index contributed by atoms with van der Waals surface area (Å²) in [5.74, 6) is 0. The lowest BCUT2D eigenvalue weighted by Gasteiger charge is -2.15. The van der Waals surface area contributed by atoms with E-state index in [-0.39, 0.29) is 0 Å². The summed E-state index contributed by atoms with van der Waals surface area (Å²) in [6.45, 7) is 4.75. The van der Waals surface area contributed by atoms with E-state index in [1.807, 2.05) is 6.07 Å². The van der Waals surface area contributed by atoms with E-state index < -0.39 is 6.10 Å². The van der Waals surface area contributed by atoms with Crippen LogP contribution < -0.4 is 5.32 Å². The van der Waals surface area contributed by atoms with Crippen LogP contribution in [0, 0.1) is 0 Å². The van der Waals surface area contributed by atoms with Crippen LogP contribution in [0.15, 0.2) is 54.6 Å². The van der Waals surface area contributed by atoms with Gasteiger partial charge in [-0.25, -0.2) is 0 Å². The molecule has 0 aliphatic rings. The average molecular weight is 279 g/mol. The minimum Gasteiger partial charge on any atom is -0.387 e. The fourth-order valence-electron chi connectivity index (χ4n) is 2.70. The van der Waals surface area contributed by atoms with Crippen molar-refractivity contribution < 1.29 is 5.11 Å². The van der Waals surface area contributed by atoms with Gasteiger partial charge in [0.1, 0.15) is 0 Å². The highest BCUT2D eigenvalue weighted by Crippen LogP contribution is 2.27.